The van der Waals surface area contributed by atoms with Gasteiger partial charge in [0.25, 0.3) is 0 Å². The monoisotopic (exact) mass is 116 g/mol. The van der Waals surface area contributed by atoms with Crippen LogP contribution in [0.5, 0.6) is 0 Å². The van der Waals surface area contributed by atoms with Crippen LogP contribution in [-0.4, -0.2) is 6.54 Å². The van der Waals surface area contributed by atoms with Gasteiger partial charge in [-0.25, -0.2) is 4.72 Å². The SMILES string of the molecule is C1=CNSNCC1. The van der Waals surface area contributed by atoms with Crippen LogP contribution < -0.4 is 9.44 Å². The van der Waals surface area contributed by atoms with E-state index in [4.69, 9.17) is 0 Å². The summed E-state index contributed by atoms with van der Waals surface area (Å²) in [6.07, 6.45) is 5.18. The van der Waals surface area contributed by atoms with E-state index in [2.05, 4.69) is 15.5 Å². The first-order chi connectivity index (χ1) is 3.50. The highest BCUT2D eigenvalue weighted by Gasteiger charge is 1.85. The van der Waals surface area contributed by atoms with Crippen molar-refractivity contribution in [3.63, 3.8) is 0 Å². The van der Waals surface area contributed by atoms with E-state index < -0.39 is 0 Å². The molecule has 1 aliphatic heterocycles. The van der Waals surface area contributed by atoms with E-state index in [0.29, 0.717) is 0 Å². The van der Waals surface area contributed by atoms with Crippen molar-refractivity contribution < 1.29 is 0 Å². The first-order valence-electron chi connectivity index (χ1n) is 2.29. The predicted octanol–water partition coefficient (Wildman–Crippen LogP) is 0.646. The van der Waals surface area contributed by atoms with E-state index in [1.54, 1.807) is 0 Å². The third kappa shape index (κ3) is 1.85. The fourth-order valence-corrected chi connectivity index (χ4v) is 0.868. The van der Waals surface area contributed by atoms with Crippen molar-refractivity contribution in [2.45, 2.75) is 6.42 Å². The van der Waals surface area contributed by atoms with Gasteiger partial charge in [-0.1, -0.05) is 6.08 Å². The zero-order chi connectivity index (χ0) is 4.95. The van der Waals surface area contributed by atoms with Crippen molar-refractivity contribution >= 4 is 12.1 Å². The van der Waals surface area contributed by atoms with Crippen molar-refractivity contribution in [1.82, 2.24) is 9.44 Å². The topological polar surface area (TPSA) is 24.1 Å². The molecular formula is C4H8N2S. The second kappa shape index (κ2) is 2.93. The smallest absolute Gasteiger partial charge is 0.0336 e. The number of hydrogen-bond donors (Lipinski definition) is 2. The van der Waals surface area contributed by atoms with E-state index in [9.17, 15) is 0 Å². The summed E-state index contributed by atoms with van der Waals surface area (Å²) in [5.74, 6) is 0. The van der Waals surface area contributed by atoms with Gasteiger partial charge in [0.15, 0.2) is 0 Å². The lowest BCUT2D eigenvalue weighted by Gasteiger charge is -1.92. The molecule has 0 atom stereocenters. The first-order valence-corrected chi connectivity index (χ1v) is 3.11. The summed E-state index contributed by atoms with van der Waals surface area (Å²) in [4.78, 5) is 0. The van der Waals surface area contributed by atoms with Gasteiger partial charge in [-0.2, -0.15) is 0 Å². The van der Waals surface area contributed by atoms with Crippen molar-refractivity contribution in [3.05, 3.63) is 12.3 Å². The highest BCUT2D eigenvalue weighted by Crippen LogP contribution is 1.91. The van der Waals surface area contributed by atoms with Gasteiger partial charge in [-0.3, -0.25) is 0 Å². The van der Waals surface area contributed by atoms with Gasteiger partial charge in [0.05, 0.1) is 0 Å². The molecule has 0 aromatic heterocycles. The second-order valence-corrected chi connectivity index (χ2v) is 2.03. The van der Waals surface area contributed by atoms with Gasteiger partial charge in [-0.15, -0.1) is 0 Å². The largest absolute Gasteiger partial charge is 0.324 e. The van der Waals surface area contributed by atoms with E-state index in [0.717, 1.165) is 13.0 Å². The molecule has 1 rings (SSSR count). The van der Waals surface area contributed by atoms with E-state index in [1.165, 1.54) is 12.1 Å². The molecule has 1 aliphatic rings. The highest BCUT2D eigenvalue weighted by atomic mass is 32.2. The Balaban J connectivity index is 2.20. The van der Waals surface area contributed by atoms with Crippen LogP contribution in [0.1, 0.15) is 6.42 Å². The Morgan fingerprint density at radius 1 is 1.57 bits per heavy atom. The Bertz CT molecular complexity index is 64.1. The fourth-order valence-electron chi connectivity index (χ4n) is 0.400. The van der Waals surface area contributed by atoms with Crippen LogP contribution in [0.4, 0.5) is 0 Å². The van der Waals surface area contributed by atoms with Gasteiger partial charge in [0, 0.05) is 24.9 Å². The Morgan fingerprint density at radius 3 is 3.57 bits per heavy atom. The van der Waals surface area contributed by atoms with Crippen molar-refractivity contribution in [3.8, 4) is 0 Å². The average Bonchev–Trinajstić information content (AvgIpc) is 1.90. The molecular weight excluding hydrogens is 108 g/mol. The fraction of sp³-hybridized carbons (Fsp3) is 0.500. The lowest BCUT2D eigenvalue weighted by molar-refractivity contribution is 0.945. The van der Waals surface area contributed by atoms with Gasteiger partial charge in [0.2, 0.25) is 0 Å². The Morgan fingerprint density at radius 2 is 2.57 bits per heavy atom. The van der Waals surface area contributed by atoms with Gasteiger partial charge >= 0.3 is 0 Å². The predicted molar refractivity (Wildman–Crippen MR) is 32.5 cm³/mol. The molecule has 0 aromatic rings. The number of hydrogen-bond acceptors (Lipinski definition) is 3. The molecule has 0 saturated heterocycles. The molecule has 7 heavy (non-hydrogen) atoms. The van der Waals surface area contributed by atoms with Crippen molar-refractivity contribution in [2.24, 2.45) is 0 Å². The molecule has 0 bridgehead atoms. The van der Waals surface area contributed by atoms with E-state index in [1.807, 2.05) is 6.20 Å². The minimum Gasteiger partial charge on any atom is -0.324 e. The zero-order valence-electron chi connectivity index (χ0n) is 3.98. The van der Waals surface area contributed by atoms with Crippen LogP contribution in [0.25, 0.3) is 0 Å². The normalized spacial score (nSPS) is 20.6. The molecule has 2 nitrogen and oxygen atoms in total. The third-order valence-corrected chi connectivity index (χ3v) is 1.33. The maximum Gasteiger partial charge on any atom is 0.0336 e. The summed E-state index contributed by atoms with van der Waals surface area (Å²) in [6, 6.07) is 0. The minimum atomic E-state index is 1.06. The molecule has 0 amide bonds. The summed E-state index contributed by atoms with van der Waals surface area (Å²) >= 11 is 1.53. The molecule has 0 fully saturated rings. The summed E-state index contributed by atoms with van der Waals surface area (Å²) < 4.78 is 6.06. The van der Waals surface area contributed by atoms with Gasteiger partial charge in [0.1, 0.15) is 0 Å². The average molecular weight is 116 g/mol. The summed E-state index contributed by atoms with van der Waals surface area (Å²) in [5, 5.41) is 0. The molecule has 2 N–H and O–H groups in total. The molecule has 0 spiro atoms. The van der Waals surface area contributed by atoms with Crippen LogP contribution in [0.15, 0.2) is 12.3 Å². The Labute approximate surface area is 47.6 Å². The lowest BCUT2D eigenvalue weighted by Crippen LogP contribution is -2.06. The zero-order valence-corrected chi connectivity index (χ0v) is 4.79. The van der Waals surface area contributed by atoms with Gasteiger partial charge in [-0.05, 0) is 6.42 Å². The van der Waals surface area contributed by atoms with Crippen LogP contribution in [0.2, 0.25) is 0 Å². The van der Waals surface area contributed by atoms with Crippen LogP contribution >= 0.6 is 12.1 Å². The number of rotatable bonds is 0. The van der Waals surface area contributed by atoms with Gasteiger partial charge < -0.3 is 4.72 Å². The van der Waals surface area contributed by atoms with Crippen molar-refractivity contribution in [2.75, 3.05) is 6.54 Å². The summed E-state index contributed by atoms with van der Waals surface area (Å²) in [5.41, 5.74) is 0. The standard InChI is InChI=1S/C4H8N2S/c1-2-4-6-7-5-3-1/h1,3,5-6H,2,4H2. The molecule has 3 heteroatoms. The molecule has 0 aromatic carbocycles. The molecule has 0 radical (unpaired) electrons. The summed E-state index contributed by atoms with van der Waals surface area (Å²) in [7, 11) is 0. The molecule has 0 saturated carbocycles. The van der Waals surface area contributed by atoms with Crippen molar-refractivity contribution in [1.29, 1.82) is 0 Å². The molecule has 1 heterocycles. The molecule has 40 valence electrons. The van der Waals surface area contributed by atoms with Crippen LogP contribution in [0, 0.1) is 0 Å². The third-order valence-electron chi connectivity index (χ3n) is 0.730. The maximum absolute atomic E-state index is 3.09. The highest BCUT2D eigenvalue weighted by molar-refractivity contribution is 7.95. The second-order valence-electron chi connectivity index (χ2n) is 1.31. The molecule has 0 unspecified atom stereocenters. The first kappa shape index (κ1) is 5.00. The number of nitrogens with one attached hydrogen (secondary N) is 2. The van der Waals surface area contributed by atoms with Crippen LogP contribution in [-0.2, 0) is 0 Å². The van der Waals surface area contributed by atoms with E-state index in [-0.39, 0.29) is 0 Å². The minimum absolute atomic E-state index is 1.06. The Hall–Kier alpha value is -0.150. The molecule has 0 aliphatic carbocycles. The lowest BCUT2D eigenvalue weighted by atomic mass is 10.4. The quantitative estimate of drug-likeness (QED) is 0.454. The van der Waals surface area contributed by atoms with Crippen LogP contribution in [0.3, 0.4) is 0 Å². The summed E-state index contributed by atoms with van der Waals surface area (Å²) in [6.45, 7) is 1.06. The van der Waals surface area contributed by atoms with E-state index >= 15 is 0 Å². The Kier molecular flexibility index (Phi) is 2.09. The maximum atomic E-state index is 3.09.